The molecule has 0 spiro atoms. The second kappa shape index (κ2) is 12.2. The lowest BCUT2D eigenvalue weighted by Crippen LogP contribution is -2.56. The standard InChI is InChI=1S/C19H28F3N5O.HI/c1-3-23-18(25-10-9-24-17(28)16-7-5-4-6-8-16)27-13-11-26(12-14-27)15(2)19(20,21)22;/h4-8,15H,3,9-14H2,1-2H3,(H,23,25)(H,24,28);1H. The number of hydrogen-bond acceptors (Lipinski definition) is 3. The lowest BCUT2D eigenvalue weighted by atomic mass is 10.2. The second-order valence-corrected chi connectivity index (χ2v) is 6.60. The molecule has 1 unspecified atom stereocenters. The summed E-state index contributed by atoms with van der Waals surface area (Å²) in [6.07, 6.45) is -4.21. The van der Waals surface area contributed by atoms with Crippen molar-refractivity contribution in [2.24, 2.45) is 4.99 Å². The zero-order chi connectivity index (χ0) is 20.6. The largest absolute Gasteiger partial charge is 0.403 e. The summed E-state index contributed by atoms with van der Waals surface area (Å²) in [7, 11) is 0. The molecule has 1 saturated heterocycles. The molecule has 0 bridgehead atoms. The van der Waals surface area contributed by atoms with Gasteiger partial charge in [0, 0.05) is 44.8 Å². The lowest BCUT2D eigenvalue weighted by Gasteiger charge is -2.39. The molecule has 10 heteroatoms. The van der Waals surface area contributed by atoms with E-state index in [0.717, 1.165) is 0 Å². The first-order chi connectivity index (χ1) is 13.3. The van der Waals surface area contributed by atoms with Gasteiger partial charge >= 0.3 is 6.18 Å². The predicted octanol–water partition coefficient (Wildman–Crippen LogP) is 2.57. The molecule has 1 heterocycles. The third-order valence-corrected chi connectivity index (χ3v) is 4.67. The predicted molar refractivity (Wildman–Crippen MR) is 119 cm³/mol. The van der Waals surface area contributed by atoms with Crippen molar-refractivity contribution >= 4 is 35.8 Å². The Bertz CT molecular complexity index is 649. The van der Waals surface area contributed by atoms with Crippen LogP contribution in [0.1, 0.15) is 24.2 Å². The Hall–Kier alpha value is -1.56. The Morgan fingerprint density at radius 3 is 2.31 bits per heavy atom. The number of piperazine rings is 1. The van der Waals surface area contributed by atoms with Gasteiger partial charge in [0.05, 0.1) is 6.54 Å². The third-order valence-electron chi connectivity index (χ3n) is 4.67. The number of aliphatic imine (C=N–C) groups is 1. The Labute approximate surface area is 186 Å². The maximum atomic E-state index is 12.9. The first-order valence-corrected chi connectivity index (χ1v) is 9.50. The van der Waals surface area contributed by atoms with E-state index in [1.165, 1.54) is 11.8 Å². The summed E-state index contributed by atoms with van der Waals surface area (Å²) >= 11 is 0. The summed E-state index contributed by atoms with van der Waals surface area (Å²) in [4.78, 5) is 19.9. The van der Waals surface area contributed by atoms with Gasteiger partial charge in [-0.1, -0.05) is 18.2 Å². The molecule has 164 valence electrons. The number of nitrogens with one attached hydrogen (secondary N) is 2. The molecule has 2 rings (SSSR count). The average molecular weight is 527 g/mol. The number of nitrogens with zero attached hydrogens (tertiary/aromatic N) is 3. The number of benzene rings is 1. The molecule has 29 heavy (non-hydrogen) atoms. The molecule has 0 aromatic heterocycles. The monoisotopic (exact) mass is 527 g/mol. The highest BCUT2D eigenvalue weighted by Crippen LogP contribution is 2.25. The molecule has 1 aromatic rings. The van der Waals surface area contributed by atoms with E-state index in [2.05, 4.69) is 15.6 Å². The Morgan fingerprint density at radius 1 is 1.14 bits per heavy atom. The number of carbonyl (C=O) groups excluding carboxylic acids is 1. The van der Waals surface area contributed by atoms with Crippen molar-refractivity contribution in [3.8, 4) is 0 Å². The molecule has 1 fully saturated rings. The van der Waals surface area contributed by atoms with Crippen molar-refractivity contribution in [2.45, 2.75) is 26.1 Å². The molecule has 1 aliphatic heterocycles. The maximum absolute atomic E-state index is 12.9. The van der Waals surface area contributed by atoms with Gasteiger partial charge in [0.1, 0.15) is 6.04 Å². The van der Waals surface area contributed by atoms with Gasteiger partial charge in [0.15, 0.2) is 5.96 Å². The zero-order valence-corrected chi connectivity index (χ0v) is 19.0. The van der Waals surface area contributed by atoms with Crippen LogP contribution in [0.2, 0.25) is 0 Å². The van der Waals surface area contributed by atoms with E-state index in [1.807, 2.05) is 17.9 Å². The van der Waals surface area contributed by atoms with E-state index < -0.39 is 12.2 Å². The molecule has 1 aromatic carbocycles. The average Bonchev–Trinajstić information content (AvgIpc) is 2.69. The smallest absolute Gasteiger partial charge is 0.357 e. The first-order valence-electron chi connectivity index (χ1n) is 9.50. The fourth-order valence-electron chi connectivity index (χ4n) is 2.98. The van der Waals surface area contributed by atoms with E-state index in [1.54, 1.807) is 24.3 Å². The molecule has 2 N–H and O–H groups in total. The van der Waals surface area contributed by atoms with E-state index in [9.17, 15) is 18.0 Å². The second-order valence-electron chi connectivity index (χ2n) is 6.60. The molecule has 1 amide bonds. The van der Waals surface area contributed by atoms with Crippen molar-refractivity contribution in [2.75, 3.05) is 45.8 Å². The minimum absolute atomic E-state index is 0. The van der Waals surface area contributed by atoms with E-state index in [4.69, 9.17) is 0 Å². The topological polar surface area (TPSA) is 60.0 Å². The van der Waals surface area contributed by atoms with Crippen LogP contribution in [0.5, 0.6) is 0 Å². The molecular formula is C19H29F3IN5O. The van der Waals surface area contributed by atoms with Gasteiger partial charge in [-0.05, 0) is 26.0 Å². The molecule has 0 aliphatic carbocycles. The Balaban J connectivity index is 0.00000420. The van der Waals surface area contributed by atoms with Crippen LogP contribution in [0.15, 0.2) is 35.3 Å². The summed E-state index contributed by atoms with van der Waals surface area (Å²) in [5, 5.41) is 5.98. The minimum atomic E-state index is -4.21. The number of guanidine groups is 1. The fraction of sp³-hybridized carbons (Fsp3) is 0.579. The summed E-state index contributed by atoms with van der Waals surface area (Å²) in [5.74, 6) is 0.506. The summed E-state index contributed by atoms with van der Waals surface area (Å²) < 4.78 is 38.6. The first kappa shape index (κ1) is 25.5. The molecule has 1 aliphatic rings. The van der Waals surface area contributed by atoms with Crippen LogP contribution in [0.3, 0.4) is 0 Å². The number of alkyl halides is 3. The number of amides is 1. The van der Waals surface area contributed by atoms with Gasteiger partial charge in [-0.25, -0.2) is 0 Å². The fourth-order valence-corrected chi connectivity index (χ4v) is 2.98. The highest BCUT2D eigenvalue weighted by atomic mass is 127. The number of halogens is 4. The van der Waals surface area contributed by atoms with Crippen LogP contribution in [0.4, 0.5) is 13.2 Å². The lowest BCUT2D eigenvalue weighted by molar-refractivity contribution is -0.181. The molecule has 1 atom stereocenters. The van der Waals surface area contributed by atoms with Crippen molar-refractivity contribution < 1.29 is 18.0 Å². The van der Waals surface area contributed by atoms with Crippen LogP contribution in [0.25, 0.3) is 0 Å². The number of hydrogen-bond donors (Lipinski definition) is 2. The van der Waals surface area contributed by atoms with Crippen LogP contribution < -0.4 is 10.6 Å². The van der Waals surface area contributed by atoms with Gasteiger partial charge in [-0.3, -0.25) is 14.7 Å². The van der Waals surface area contributed by atoms with Crippen molar-refractivity contribution in [3.05, 3.63) is 35.9 Å². The minimum Gasteiger partial charge on any atom is -0.357 e. The van der Waals surface area contributed by atoms with Gasteiger partial charge in [0.2, 0.25) is 0 Å². The van der Waals surface area contributed by atoms with Gasteiger partial charge in [0.25, 0.3) is 5.91 Å². The maximum Gasteiger partial charge on any atom is 0.403 e. The van der Waals surface area contributed by atoms with Gasteiger partial charge < -0.3 is 15.5 Å². The van der Waals surface area contributed by atoms with Gasteiger partial charge in [-0.15, -0.1) is 24.0 Å². The highest BCUT2D eigenvalue weighted by Gasteiger charge is 2.41. The van der Waals surface area contributed by atoms with Crippen LogP contribution in [0, 0.1) is 0 Å². The summed E-state index contributed by atoms with van der Waals surface area (Å²) in [6.45, 7) is 6.18. The van der Waals surface area contributed by atoms with Crippen LogP contribution >= 0.6 is 24.0 Å². The van der Waals surface area contributed by atoms with Gasteiger partial charge in [-0.2, -0.15) is 13.2 Å². The van der Waals surface area contributed by atoms with E-state index in [0.29, 0.717) is 57.3 Å². The summed E-state index contributed by atoms with van der Waals surface area (Å²) in [5.41, 5.74) is 0.591. The van der Waals surface area contributed by atoms with Crippen LogP contribution in [-0.2, 0) is 0 Å². The molecular weight excluding hydrogens is 498 g/mol. The Morgan fingerprint density at radius 2 is 1.76 bits per heavy atom. The van der Waals surface area contributed by atoms with E-state index >= 15 is 0 Å². The highest BCUT2D eigenvalue weighted by molar-refractivity contribution is 14.0. The zero-order valence-electron chi connectivity index (χ0n) is 16.7. The summed E-state index contributed by atoms with van der Waals surface area (Å²) in [6, 6.07) is 7.49. The molecule has 0 saturated carbocycles. The van der Waals surface area contributed by atoms with Crippen molar-refractivity contribution in [1.82, 2.24) is 20.4 Å². The third kappa shape index (κ3) is 8.00. The Kier molecular flexibility index (Phi) is 10.7. The quantitative estimate of drug-likeness (QED) is 0.259. The molecule has 6 nitrogen and oxygen atoms in total. The van der Waals surface area contributed by atoms with Crippen molar-refractivity contribution in [1.29, 1.82) is 0 Å². The number of carbonyl (C=O) groups is 1. The number of rotatable bonds is 6. The molecule has 0 radical (unpaired) electrons. The van der Waals surface area contributed by atoms with E-state index in [-0.39, 0.29) is 29.9 Å². The normalized spacial score (nSPS) is 16.7. The van der Waals surface area contributed by atoms with Crippen molar-refractivity contribution in [3.63, 3.8) is 0 Å². The SMILES string of the molecule is CCNC(=NCCNC(=O)c1ccccc1)N1CCN(C(C)C(F)(F)F)CC1.I. The van der Waals surface area contributed by atoms with Crippen LogP contribution in [-0.4, -0.2) is 79.7 Å².